The van der Waals surface area contributed by atoms with Crippen molar-refractivity contribution in [1.82, 2.24) is 5.32 Å². The number of carbonyl (C=O) groups is 1. The van der Waals surface area contributed by atoms with Crippen LogP contribution in [0.15, 0.2) is 46.9 Å². The summed E-state index contributed by atoms with van der Waals surface area (Å²) in [7, 11) is 0. The molecule has 23 heavy (non-hydrogen) atoms. The van der Waals surface area contributed by atoms with Gasteiger partial charge in [-0.25, -0.2) is 4.39 Å². The van der Waals surface area contributed by atoms with Crippen molar-refractivity contribution in [2.75, 3.05) is 0 Å². The largest absolute Gasteiger partial charge is 0.480 e. The van der Waals surface area contributed by atoms with Crippen LogP contribution in [0.4, 0.5) is 4.39 Å². The highest BCUT2D eigenvalue weighted by Gasteiger charge is 2.18. The van der Waals surface area contributed by atoms with Crippen molar-refractivity contribution < 1.29 is 13.9 Å². The zero-order valence-corrected chi connectivity index (χ0v) is 15.0. The fourth-order valence-corrected chi connectivity index (χ4v) is 2.76. The Labute approximate surface area is 147 Å². The van der Waals surface area contributed by atoms with Gasteiger partial charge in [0.15, 0.2) is 6.10 Å². The van der Waals surface area contributed by atoms with Crippen LogP contribution in [0.25, 0.3) is 0 Å². The Morgan fingerprint density at radius 3 is 2.48 bits per heavy atom. The minimum atomic E-state index is -0.685. The molecule has 0 aliphatic carbocycles. The molecule has 0 fully saturated rings. The molecule has 2 aromatic carbocycles. The molecule has 6 heteroatoms. The molecule has 0 aliphatic rings. The molecule has 1 N–H and O–H groups in total. The summed E-state index contributed by atoms with van der Waals surface area (Å²) in [5.74, 6) is -0.0354. The van der Waals surface area contributed by atoms with Crippen LogP contribution in [0.2, 0.25) is 5.02 Å². The number of nitrogens with one attached hydrogen (secondary N) is 1. The van der Waals surface area contributed by atoms with Crippen LogP contribution < -0.4 is 10.1 Å². The van der Waals surface area contributed by atoms with Gasteiger partial charge in [-0.05, 0) is 65.7 Å². The highest BCUT2D eigenvalue weighted by atomic mass is 79.9. The van der Waals surface area contributed by atoms with Gasteiger partial charge in [-0.15, -0.1) is 0 Å². The smallest absolute Gasteiger partial charge is 0.261 e. The summed E-state index contributed by atoms with van der Waals surface area (Å²) in [5, 5.41) is 3.41. The van der Waals surface area contributed by atoms with Crippen LogP contribution in [0.1, 0.15) is 25.5 Å². The van der Waals surface area contributed by atoms with E-state index in [1.54, 1.807) is 37.3 Å². The van der Waals surface area contributed by atoms with Crippen molar-refractivity contribution in [3.05, 3.63) is 63.3 Å². The maximum absolute atomic E-state index is 12.9. The molecule has 0 radical (unpaired) electrons. The van der Waals surface area contributed by atoms with E-state index in [2.05, 4.69) is 21.2 Å². The minimum Gasteiger partial charge on any atom is -0.480 e. The third-order valence-electron chi connectivity index (χ3n) is 3.30. The van der Waals surface area contributed by atoms with Gasteiger partial charge in [0.05, 0.1) is 10.5 Å². The number of benzene rings is 2. The molecule has 0 spiro atoms. The molecule has 0 bridgehead atoms. The maximum atomic E-state index is 12.9. The molecule has 1 amide bonds. The number of hydrogen-bond acceptors (Lipinski definition) is 2. The number of amides is 1. The van der Waals surface area contributed by atoms with Crippen molar-refractivity contribution in [3.8, 4) is 5.75 Å². The average Bonchev–Trinajstić information content (AvgIpc) is 2.50. The monoisotopic (exact) mass is 399 g/mol. The fraction of sp³-hybridized carbons (Fsp3) is 0.235. The zero-order valence-electron chi connectivity index (χ0n) is 12.6. The predicted molar refractivity (Wildman–Crippen MR) is 92.2 cm³/mol. The lowest BCUT2D eigenvalue weighted by Gasteiger charge is -2.19. The quantitative estimate of drug-likeness (QED) is 0.776. The molecular weight excluding hydrogens is 385 g/mol. The van der Waals surface area contributed by atoms with E-state index in [0.717, 1.165) is 5.56 Å². The lowest BCUT2D eigenvalue weighted by atomic mass is 10.1. The van der Waals surface area contributed by atoms with E-state index in [9.17, 15) is 9.18 Å². The van der Waals surface area contributed by atoms with Crippen molar-refractivity contribution in [3.63, 3.8) is 0 Å². The third kappa shape index (κ3) is 4.94. The maximum Gasteiger partial charge on any atom is 0.261 e. The SMILES string of the molecule is CC(Oc1ccc(Cl)cc1Br)C(=O)NC(C)c1ccc(F)cc1. The third-order valence-corrected chi connectivity index (χ3v) is 4.15. The molecule has 3 nitrogen and oxygen atoms in total. The Bertz CT molecular complexity index is 693. The number of halogens is 3. The van der Waals surface area contributed by atoms with E-state index < -0.39 is 6.10 Å². The molecule has 2 unspecified atom stereocenters. The summed E-state index contributed by atoms with van der Waals surface area (Å²) in [4.78, 5) is 12.2. The first kappa shape index (κ1) is 17.8. The van der Waals surface area contributed by atoms with Gasteiger partial charge < -0.3 is 10.1 Å². The molecule has 0 aliphatic heterocycles. The molecule has 0 heterocycles. The second-order valence-corrected chi connectivity index (χ2v) is 6.41. The minimum absolute atomic E-state index is 0.247. The van der Waals surface area contributed by atoms with Gasteiger partial charge in [-0.2, -0.15) is 0 Å². The molecular formula is C17H16BrClFNO2. The number of carbonyl (C=O) groups excluding carboxylic acids is 1. The highest BCUT2D eigenvalue weighted by Crippen LogP contribution is 2.28. The molecule has 0 saturated heterocycles. The van der Waals surface area contributed by atoms with Crippen LogP contribution in [0, 0.1) is 5.82 Å². The number of ether oxygens (including phenoxy) is 1. The Balaban J connectivity index is 1.98. The summed E-state index contributed by atoms with van der Waals surface area (Å²) in [6.45, 7) is 3.49. The van der Waals surface area contributed by atoms with Crippen LogP contribution >= 0.6 is 27.5 Å². The van der Waals surface area contributed by atoms with Crippen LogP contribution in [0.3, 0.4) is 0 Å². The first-order chi connectivity index (χ1) is 10.9. The van der Waals surface area contributed by atoms with Gasteiger partial charge >= 0.3 is 0 Å². The van der Waals surface area contributed by atoms with E-state index in [-0.39, 0.29) is 17.8 Å². The van der Waals surface area contributed by atoms with E-state index in [0.29, 0.717) is 15.2 Å². The summed E-state index contributed by atoms with van der Waals surface area (Å²) >= 11 is 9.21. The Morgan fingerprint density at radius 2 is 1.87 bits per heavy atom. The standard InChI is InChI=1S/C17H16BrClFNO2/c1-10(12-3-6-14(20)7-4-12)21-17(22)11(2)23-16-8-5-13(19)9-15(16)18/h3-11H,1-2H3,(H,21,22). The van der Waals surface area contributed by atoms with Crippen molar-refractivity contribution in [1.29, 1.82) is 0 Å². The van der Waals surface area contributed by atoms with Gasteiger partial charge in [0.1, 0.15) is 11.6 Å². The first-order valence-corrected chi connectivity index (χ1v) is 8.21. The fourth-order valence-electron chi connectivity index (χ4n) is 1.98. The lowest BCUT2D eigenvalue weighted by Crippen LogP contribution is -2.37. The number of rotatable bonds is 5. The molecule has 122 valence electrons. The molecule has 2 atom stereocenters. The Kier molecular flexibility index (Phi) is 6.02. The van der Waals surface area contributed by atoms with Gasteiger partial charge in [0.2, 0.25) is 0 Å². The molecule has 2 rings (SSSR count). The Hall–Kier alpha value is -1.59. The second kappa shape index (κ2) is 7.79. The Morgan fingerprint density at radius 1 is 1.22 bits per heavy atom. The van der Waals surface area contributed by atoms with E-state index in [1.807, 2.05) is 6.92 Å². The van der Waals surface area contributed by atoms with Crippen molar-refractivity contribution in [2.45, 2.75) is 26.0 Å². The van der Waals surface area contributed by atoms with Gasteiger partial charge in [-0.1, -0.05) is 23.7 Å². The van der Waals surface area contributed by atoms with Crippen LogP contribution in [0.5, 0.6) is 5.75 Å². The molecule has 2 aromatic rings. The van der Waals surface area contributed by atoms with Crippen LogP contribution in [-0.2, 0) is 4.79 Å². The van der Waals surface area contributed by atoms with E-state index in [4.69, 9.17) is 16.3 Å². The lowest BCUT2D eigenvalue weighted by molar-refractivity contribution is -0.127. The average molecular weight is 401 g/mol. The topological polar surface area (TPSA) is 38.3 Å². The van der Waals surface area contributed by atoms with E-state index in [1.165, 1.54) is 12.1 Å². The number of hydrogen-bond donors (Lipinski definition) is 1. The van der Waals surface area contributed by atoms with Gasteiger partial charge in [0.25, 0.3) is 5.91 Å². The molecule has 0 aromatic heterocycles. The summed E-state index contributed by atoms with van der Waals surface area (Å²) < 4.78 is 19.2. The van der Waals surface area contributed by atoms with Gasteiger partial charge in [0, 0.05) is 5.02 Å². The van der Waals surface area contributed by atoms with Crippen molar-refractivity contribution >= 4 is 33.4 Å². The zero-order chi connectivity index (χ0) is 17.0. The van der Waals surface area contributed by atoms with E-state index >= 15 is 0 Å². The summed E-state index contributed by atoms with van der Waals surface area (Å²) in [6.07, 6.45) is -0.685. The second-order valence-electron chi connectivity index (χ2n) is 5.12. The highest BCUT2D eigenvalue weighted by molar-refractivity contribution is 9.10. The summed E-state index contributed by atoms with van der Waals surface area (Å²) in [6, 6.07) is 10.8. The van der Waals surface area contributed by atoms with Gasteiger partial charge in [-0.3, -0.25) is 4.79 Å². The molecule has 0 saturated carbocycles. The predicted octanol–water partition coefficient (Wildman–Crippen LogP) is 4.89. The first-order valence-electron chi connectivity index (χ1n) is 7.04. The summed E-state index contributed by atoms with van der Waals surface area (Å²) in [5.41, 5.74) is 0.819. The van der Waals surface area contributed by atoms with Crippen LogP contribution in [-0.4, -0.2) is 12.0 Å². The normalized spacial score (nSPS) is 13.3. The van der Waals surface area contributed by atoms with Crippen molar-refractivity contribution in [2.24, 2.45) is 0 Å².